The maximum absolute atomic E-state index is 13.2. The van der Waals surface area contributed by atoms with Gasteiger partial charge in [0.1, 0.15) is 5.82 Å². The summed E-state index contributed by atoms with van der Waals surface area (Å²) in [4.78, 5) is -0.143. The lowest BCUT2D eigenvalue weighted by Gasteiger charge is -2.30. The van der Waals surface area contributed by atoms with Gasteiger partial charge in [0.25, 0.3) is 0 Å². The standard InChI is InChI=1S/C12H16ClFN2O2S/c1-8-12(3-2-4-15-8)16-19(17,18)11-6-9(13)5-10(14)7-11/h5-8,12,15-16H,2-4H2,1H3. The van der Waals surface area contributed by atoms with E-state index in [9.17, 15) is 12.8 Å². The van der Waals surface area contributed by atoms with Crippen LogP contribution in [-0.4, -0.2) is 27.0 Å². The summed E-state index contributed by atoms with van der Waals surface area (Å²) >= 11 is 5.68. The van der Waals surface area contributed by atoms with Crippen molar-refractivity contribution >= 4 is 21.6 Å². The second kappa shape index (κ2) is 5.75. The van der Waals surface area contributed by atoms with Gasteiger partial charge in [-0.25, -0.2) is 17.5 Å². The average Bonchev–Trinajstić information content (AvgIpc) is 2.31. The van der Waals surface area contributed by atoms with E-state index in [-0.39, 0.29) is 22.0 Å². The average molecular weight is 307 g/mol. The highest BCUT2D eigenvalue weighted by Gasteiger charge is 2.26. The summed E-state index contributed by atoms with van der Waals surface area (Å²) in [6, 6.07) is 3.14. The Morgan fingerprint density at radius 3 is 2.79 bits per heavy atom. The number of halogens is 2. The van der Waals surface area contributed by atoms with E-state index in [1.54, 1.807) is 0 Å². The fraction of sp³-hybridized carbons (Fsp3) is 0.500. The molecule has 0 spiro atoms. The van der Waals surface area contributed by atoms with Crippen LogP contribution in [0.4, 0.5) is 4.39 Å². The number of hydrogen-bond donors (Lipinski definition) is 2. The molecule has 1 fully saturated rings. The highest BCUT2D eigenvalue weighted by atomic mass is 35.5. The Labute approximate surface area is 117 Å². The first kappa shape index (κ1) is 14.7. The molecular formula is C12H16ClFN2O2S. The van der Waals surface area contributed by atoms with Gasteiger partial charge in [0.2, 0.25) is 10.0 Å². The van der Waals surface area contributed by atoms with Crippen molar-refractivity contribution in [3.8, 4) is 0 Å². The molecule has 19 heavy (non-hydrogen) atoms. The van der Waals surface area contributed by atoms with Gasteiger partial charge in [-0.2, -0.15) is 0 Å². The molecule has 2 unspecified atom stereocenters. The Hall–Kier alpha value is -0.690. The Bertz CT molecular complexity index is 545. The van der Waals surface area contributed by atoms with E-state index >= 15 is 0 Å². The maximum Gasteiger partial charge on any atom is 0.241 e. The second-order valence-electron chi connectivity index (χ2n) is 4.72. The summed E-state index contributed by atoms with van der Waals surface area (Å²) in [5, 5.41) is 3.27. The van der Waals surface area contributed by atoms with E-state index in [1.165, 1.54) is 6.07 Å². The zero-order chi connectivity index (χ0) is 14.0. The van der Waals surface area contributed by atoms with Crippen LogP contribution >= 0.6 is 11.6 Å². The monoisotopic (exact) mass is 306 g/mol. The van der Waals surface area contributed by atoms with Crippen molar-refractivity contribution in [2.24, 2.45) is 0 Å². The number of nitrogens with one attached hydrogen (secondary N) is 2. The van der Waals surface area contributed by atoms with Crippen LogP contribution in [0.25, 0.3) is 0 Å². The van der Waals surface area contributed by atoms with E-state index in [0.717, 1.165) is 31.5 Å². The van der Waals surface area contributed by atoms with Crippen molar-refractivity contribution in [2.75, 3.05) is 6.54 Å². The van der Waals surface area contributed by atoms with Crippen LogP contribution in [0, 0.1) is 5.82 Å². The van der Waals surface area contributed by atoms with Crippen LogP contribution in [-0.2, 0) is 10.0 Å². The van der Waals surface area contributed by atoms with Crippen LogP contribution in [0.15, 0.2) is 23.1 Å². The minimum atomic E-state index is -3.75. The number of benzene rings is 1. The minimum Gasteiger partial charge on any atom is -0.313 e. The predicted molar refractivity (Wildman–Crippen MR) is 72.2 cm³/mol. The molecular weight excluding hydrogens is 291 g/mol. The molecule has 1 saturated heterocycles. The smallest absolute Gasteiger partial charge is 0.241 e. The topological polar surface area (TPSA) is 58.2 Å². The minimum absolute atomic E-state index is 0.0487. The summed E-state index contributed by atoms with van der Waals surface area (Å²) in [7, 11) is -3.75. The quantitative estimate of drug-likeness (QED) is 0.897. The summed E-state index contributed by atoms with van der Waals surface area (Å²) in [6.07, 6.45) is 1.66. The predicted octanol–water partition coefficient (Wildman–Crippen LogP) is 1.90. The molecule has 0 aromatic heterocycles. The number of rotatable bonds is 3. The zero-order valence-corrected chi connectivity index (χ0v) is 12.1. The highest BCUT2D eigenvalue weighted by molar-refractivity contribution is 7.89. The number of sulfonamides is 1. The first-order chi connectivity index (χ1) is 8.88. The summed E-state index contributed by atoms with van der Waals surface area (Å²) in [6.45, 7) is 2.80. The molecule has 0 bridgehead atoms. The van der Waals surface area contributed by atoms with Crippen molar-refractivity contribution < 1.29 is 12.8 Å². The SMILES string of the molecule is CC1NCCCC1NS(=O)(=O)c1cc(F)cc(Cl)c1. The largest absolute Gasteiger partial charge is 0.313 e. The molecule has 4 nitrogen and oxygen atoms in total. The van der Waals surface area contributed by atoms with Gasteiger partial charge in [-0.1, -0.05) is 11.6 Å². The van der Waals surface area contributed by atoms with Crippen LogP contribution in [0.3, 0.4) is 0 Å². The molecule has 1 aromatic rings. The maximum atomic E-state index is 13.2. The lowest BCUT2D eigenvalue weighted by atomic mass is 10.0. The van der Waals surface area contributed by atoms with E-state index in [2.05, 4.69) is 10.0 Å². The first-order valence-corrected chi connectivity index (χ1v) is 7.96. The van der Waals surface area contributed by atoms with E-state index in [4.69, 9.17) is 11.6 Å². The van der Waals surface area contributed by atoms with Gasteiger partial charge in [-0.15, -0.1) is 0 Å². The Morgan fingerprint density at radius 2 is 2.16 bits per heavy atom. The molecule has 2 atom stereocenters. The molecule has 106 valence electrons. The van der Waals surface area contributed by atoms with Gasteiger partial charge in [-0.3, -0.25) is 0 Å². The van der Waals surface area contributed by atoms with Crippen LogP contribution in [0.2, 0.25) is 5.02 Å². The second-order valence-corrected chi connectivity index (χ2v) is 6.87. The lowest BCUT2D eigenvalue weighted by Crippen LogP contribution is -2.51. The van der Waals surface area contributed by atoms with Gasteiger partial charge in [0, 0.05) is 17.1 Å². The van der Waals surface area contributed by atoms with Gasteiger partial charge < -0.3 is 5.32 Å². The molecule has 0 amide bonds. The molecule has 1 heterocycles. The normalized spacial score (nSPS) is 24.4. The van der Waals surface area contributed by atoms with Crippen molar-refractivity contribution in [1.82, 2.24) is 10.0 Å². The highest BCUT2D eigenvalue weighted by Crippen LogP contribution is 2.19. The summed E-state index contributed by atoms with van der Waals surface area (Å²) < 4.78 is 40.2. The fourth-order valence-corrected chi connectivity index (χ4v) is 3.85. The molecule has 1 aromatic carbocycles. The Morgan fingerprint density at radius 1 is 1.42 bits per heavy atom. The summed E-state index contributed by atoms with van der Waals surface area (Å²) in [5.74, 6) is -0.664. The van der Waals surface area contributed by atoms with E-state index in [1.807, 2.05) is 6.92 Å². The molecule has 0 radical (unpaired) electrons. The van der Waals surface area contributed by atoms with Crippen molar-refractivity contribution in [3.63, 3.8) is 0 Å². The Kier molecular flexibility index (Phi) is 4.45. The number of hydrogen-bond acceptors (Lipinski definition) is 3. The van der Waals surface area contributed by atoms with Crippen molar-refractivity contribution in [2.45, 2.75) is 36.7 Å². The first-order valence-electron chi connectivity index (χ1n) is 6.10. The Balaban J connectivity index is 2.22. The molecule has 2 N–H and O–H groups in total. The molecule has 1 aliphatic heterocycles. The number of piperidine rings is 1. The van der Waals surface area contributed by atoms with E-state index in [0.29, 0.717) is 0 Å². The van der Waals surface area contributed by atoms with Crippen LogP contribution < -0.4 is 10.0 Å². The van der Waals surface area contributed by atoms with Gasteiger partial charge in [0.15, 0.2) is 0 Å². The third kappa shape index (κ3) is 3.66. The van der Waals surface area contributed by atoms with Gasteiger partial charge in [0.05, 0.1) is 4.90 Å². The molecule has 7 heteroatoms. The van der Waals surface area contributed by atoms with Gasteiger partial charge in [-0.05, 0) is 44.5 Å². The van der Waals surface area contributed by atoms with Crippen LogP contribution in [0.5, 0.6) is 0 Å². The van der Waals surface area contributed by atoms with Gasteiger partial charge >= 0.3 is 0 Å². The zero-order valence-electron chi connectivity index (χ0n) is 10.5. The van der Waals surface area contributed by atoms with Crippen molar-refractivity contribution in [1.29, 1.82) is 0 Å². The summed E-state index contributed by atoms with van der Waals surface area (Å²) in [5.41, 5.74) is 0. The third-order valence-electron chi connectivity index (χ3n) is 3.21. The molecule has 1 aliphatic rings. The lowest BCUT2D eigenvalue weighted by molar-refractivity contribution is 0.349. The molecule has 0 aliphatic carbocycles. The van der Waals surface area contributed by atoms with E-state index < -0.39 is 15.8 Å². The van der Waals surface area contributed by atoms with Crippen molar-refractivity contribution in [3.05, 3.63) is 29.0 Å². The fourth-order valence-electron chi connectivity index (χ4n) is 2.16. The third-order valence-corrected chi connectivity index (χ3v) is 4.90. The molecule has 2 rings (SSSR count). The van der Waals surface area contributed by atoms with Crippen LogP contribution in [0.1, 0.15) is 19.8 Å². The molecule has 0 saturated carbocycles.